The third-order valence-electron chi connectivity index (χ3n) is 18.8. The molecule has 0 aromatic heterocycles. The van der Waals surface area contributed by atoms with Crippen molar-refractivity contribution in [1.82, 2.24) is 0 Å². The smallest absolute Gasteiger partial charge is 0.331 e. The van der Waals surface area contributed by atoms with Gasteiger partial charge >= 0.3 is 11.9 Å². The van der Waals surface area contributed by atoms with Crippen molar-refractivity contribution in [2.24, 2.45) is 51.2 Å². The first-order chi connectivity index (χ1) is 31.7. The van der Waals surface area contributed by atoms with E-state index in [1.807, 2.05) is 13.0 Å². The standard InChI is InChI=1S/C59H82O7/c1-5-6-9-20-45-26-27-48(37-45)56(4)34-30-51(61)59(50(60)28-25-42(2)17-14-23-43-18-10-7-11-19-43)53(56)49-40-55(3,58(59,64)35-29-47-38-52(62)65-41-47)31-16-33-57(54(63)66-49)32-15-24-46(39-57)36-44-21-12-8-13-22-44/h7-8,10-13,18-19,21-22,38,42,45-46,48-51,53,60-61,64H,5-6,9,14-15,17,20,23-30,32-37,39-41H2,1-4H3/t42-,45+,46+,48-,49-,50-,51-,53+,55+,56+,57-,58-,59+/m1/s1. The number of ether oxygens (including phenoxy) is 2. The summed E-state index contributed by atoms with van der Waals surface area (Å²) in [6, 6.07) is 21.2. The largest absolute Gasteiger partial charge is 0.462 e. The molecule has 0 saturated heterocycles. The summed E-state index contributed by atoms with van der Waals surface area (Å²) in [6.07, 6.45) is 17.8. The molecule has 0 radical (unpaired) electrons. The Kier molecular flexibility index (Phi) is 15.3. The second-order valence-electron chi connectivity index (χ2n) is 23.1. The number of aryl methyl sites for hydroxylation is 1. The van der Waals surface area contributed by atoms with Crippen LogP contribution in [-0.4, -0.2) is 57.8 Å². The molecular formula is C59H82O7. The maximum Gasteiger partial charge on any atom is 0.331 e. The number of cyclic esters (lactones) is 1. The molecule has 2 aliphatic heterocycles. The van der Waals surface area contributed by atoms with E-state index in [4.69, 9.17) is 9.47 Å². The molecule has 2 aromatic rings. The number of hydrogen-bond donors (Lipinski definition) is 3. The molecule has 2 aromatic carbocycles. The van der Waals surface area contributed by atoms with Crippen LogP contribution in [0.1, 0.15) is 174 Å². The lowest BCUT2D eigenvalue weighted by molar-refractivity contribution is -0.338. The summed E-state index contributed by atoms with van der Waals surface area (Å²) in [5, 5.41) is 41.1. The number of unbranched alkanes of at least 4 members (excludes halogenated alkanes) is 2. The molecule has 7 heteroatoms. The fourth-order valence-corrected chi connectivity index (χ4v) is 15.3. The Hall–Kier alpha value is -3.44. The van der Waals surface area contributed by atoms with Crippen LogP contribution in [0.4, 0.5) is 0 Å². The van der Waals surface area contributed by atoms with Gasteiger partial charge in [0.15, 0.2) is 0 Å². The Bertz CT molecular complexity index is 2050. The van der Waals surface area contributed by atoms with E-state index in [1.54, 1.807) is 6.08 Å². The van der Waals surface area contributed by atoms with Gasteiger partial charge in [-0.1, -0.05) is 139 Å². The second kappa shape index (κ2) is 20.7. The summed E-state index contributed by atoms with van der Waals surface area (Å²) in [4.78, 5) is 27.9. The quantitative estimate of drug-likeness (QED) is 0.0776. The number of aliphatic hydroxyl groups excluding tert-OH is 2. The van der Waals surface area contributed by atoms with Gasteiger partial charge in [-0.2, -0.15) is 0 Å². The lowest BCUT2D eigenvalue weighted by Crippen LogP contribution is -2.79. The van der Waals surface area contributed by atoms with E-state index in [0.29, 0.717) is 68.6 Å². The maximum absolute atomic E-state index is 15.4. The zero-order valence-electron chi connectivity index (χ0n) is 40.9. The van der Waals surface area contributed by atoms with E-state index in [9.17, 15) is 20.1 Å². The number of esters is 2. The van der Waals surface area contributed by atoms with Gasteiger partial charge in [0.1, 0.15) is 12.7 Å². The molecule has 360 valence electrons. The predicted octanol–water partition coefficient (Wildman–Crippen LogP) is 11.7. The number of benzene rings is 2. The minimum Gasteiger partial charge on any atom is -0.462 e. The number of aliphatic hydroxyl groups is 3. The van der Waals surface area contributed by atoms with E-state index in [2.05, 4.69) is 87.2 Å². The van der Waals surface area contributed by atoms with Gasteiger partial charge in [-0.15, -0.1) is 5.92 Å². The van der Waals surface area contributed by atoms with Crippen molar-refractivity contribution in [2.45, 2.75) is 199 Å². The molecule has 1 spiro atoms. The van der Waals surface area contributed by atoms with Crippen molar-refractivity contribution >= 4 is 11.9 Å². The van der Waals surface area contributed by atoms with Crippen LogP contribution < -0.4 is 0 Å². The van der Waals surface area contributed by atoms with E-state index in [1.165, 1.54) is 36.8 Å². The van der Waals surface area contributed by atoms with Gasteiger partial charge in [0.05, 0.1) is 34.1 Å². The summed E-state index contributed by atoms with van der Waals surface area (Å²) in [5.41, 5.74) is -2.14. The molecule has 8 rings (SSSR count). The van der Waals surface area contributed by atoms with Crippen LogP contribution in [0.15, 0.2) is 72.3 Å². The van der Waals surface area contributed by atoms with Crippen LogP contribution in [0.3, 0.4) is 0 Å². The first kappa shape index (κ1) is 49.0. The van der Waals surface area contributed by atoms with Gasteiger partial charge < -0.3 is 24.8 Å². The van der Waals surface area contributed by atoms with Crippen LogP contribution in [-0.2, 0) is 31.9 Å². The number of hydrogen-bond acceptors (Lipinski definition) is 7. The third-order valence-corrected chi connectivity index (χ3v) is 18.8. The van der Waals surface area contributed by atoms with Crippen molar-refractivity contribution in [1.29, 1.82) is 0 Å². The van der Waals surface area contributed by atoms with Gasteiger partial charge in [0.2, 0.25) is 0 Å². The molecule has 3 N–H and O–H groups in total. The second-order valence-corrected chi connectivity index (χ2v) is 23.1. The lowest BCUT2D eigenvalue weighted by Gasteiger charge is -2.71. The van der Waals surface area contributed by atoms with Crippen molar-refractivity contribution in [2.75, 3.05) is 6.61 Å². The zero-order valence-corrected chi connectivity index (χ0v) is 40.9. The van der Waals surface area contributed by atoms with Gasteiger partial charge in [-0.25, -0.2) is 4.79 Å². The van der Waals surface area contributed by atoms with Crippen LogP contribution in [0, 0.1) is 63.1 Å². The van der Waals surface area contributed by atoms with Crippen molar-refractivity contribution < 1.29 is 34.4 Å². The Morgan fingerprint density at radius 2 is 1.61 bits per heavy atom. The van der Waals surface area contributed by atoms with Crippen molar-refractivity contribution in [3.05, 3.63) is 83.4 Å². The highest BCUT2D eigenvalue weighted by atomic mass is 16.5. The fraction of sp³-hybridized carbons (Fsp3) is 0.695. The number of carbonyl (C=O) groups excluding carboxylic acids is 2. The van der Waals surface area contributed by atoms with Crippen LogP contribution in [0.5, 0.6) is 0 Å². The average molecular weight is 903 g/mol. The highest BCUT2D eigenvalue weighted by Gasteiger charge is 2.78. The maximum atomic E-state index is 15.4. The predicted molar refractivity (Wildman–Crippen MR) is 261 cm³/mol. The summed E-state index contributed by atoms with van der Waals surface area (Å²) in [5.74, 6) is 7.74. The van der Waals surface area contributed by atoms with E-state index in [0.717, 1.165) is 76.2 Å². The molecule has 0 unspecified atom stereocenters. The van der Waals surface area contributed by atoms with E-state index < -0.39 is 51.5 Å². The molecule has 4 fully saturated rings. The molecule has 7 nitrogen and oxygen atoms in total. The van der Waals surface area contributed by atoms with Gasteiger partial charge in [-0.05, 0) is 136 Å². The molecular weight excluding hydrogens is 821 g/mol. The van der Waals surface area contributed by atoms with Gasteiger partial charge in [-0.3, -0.25) is 4.79 Å². The molecule has 2 heterocycles. The summed E-state index contributed by atoms with van der Waals surface area (Å²) in [7, 11) is 0. The molecule has 6 aliphatic rings. The van der Waals surface area contributed by atoms with E-state index >= 15 is 4.79 Å². The third kappa shape index (κ3) is 9.60. The monoisotopic (exact) mass is 903 g/mol. The SMILES string of the molecule is CCCCC[C@H]1CC[C@@H]([C@]2(C)CC[C@@H](O)[C@@]3([C@H](O)CC[C@H](C)CCCc4ccccc4)[C@H]2[C@H]2C[C@](C)(C#CC[C@@]4(CCC[C@@H](Cc5ccccc5)C4)C(=O)O2)[C@]3(O)CCC2=CC(=O)OC2)C1. The highest BCUT2D eigenvalue weighted by molar-refractivity contribution is 5.85. The topological polar surface area (TPSA) is 113 Å². The Balaban J connectivity index is 1.20. The molecule has 13 atom stereocenters. The number of fused-ring (bicyclic) bond motifs is 4. The Morgan fingerprint density at radius 3 is 2.33 bits per heavy atom. The summed E-state index contributed by atoms with van der Waals surface area (Å²) >= 11 is 0. The Labute approximate surface area is 397 Å². The molecule has 0 amide bonds. The molecule has 4 aliphatic carbocycles. The Morgan fingerprint density at radius 1 is 0.848 bits per heavy atom. The molecule has 66 heavy (non-hydrogen) atoms. The number of carbonyl (C=O) groups is 2. The number of rotatable bonds is 18. The van der Waals surface area contributed by atoms with Crippen LogP contribution in [0.25, 0.3) is 0 Å². The first-order valence-corrected chi connectivity index (χ1v) is 26.5. The minimum atomic E-state index is -1.71. The highest BCUT2D eigenvalue weighted by Crippen LogP contribution is 2.72. The fourth-order valence-electron chi connectivity index (χ4n) is 15.3. The first-order valence-electron chi connectivity index (χ1n) is 26.5. The van der Waals surface area contributed by atoms with Gasteiger partial charge in [0.25, 0.3) is 0 Å². The van der Waals surface area contributed by atoms with E-state index in [-0.39, 0.29) is 25.0 Å². The van der Waals surface area contributed by atoms with Gasteiger partial charge in [0, 0.05) is 24.8 Å². The van der Waals surface area contributed by atoms with Crippen LogP contribution in [0.2, 0.25) is 0 Å². The summed E-state index contributed by atoms with van der Waals surface area (Å²) in [6.45, 7) is 9.10. The average Bonchev–Trinajstić information content (AvgIpc) is 3.98. The normalized spacial score (nSPS) is 37.3. The van der Waals surface area contributed by atoms with Crippen molar-refractivity contribution in [3.63, 3.8) is 0 Å². The minimum absolute atomic E-state index is 0.172. The summed E-state index contributed by atoms with van der Waals surface area (Å²) < 4.78 is 12.6. The zero-order chi connectivity index (χ0) is 46.6. The molecule has 2 bridgehead atoms. The lowest BCUT2D eigenvalue weighted by atomic mass is 9.35. The molecule has 4 saturated carbocycles. The van der Waals surface area contributed by atoms with Crippen molar-refractivity contribution in [3.8, 4) is 11.8 Å². The van der Waals surface area contributed by atoms with Crippen LogP contribution >= 0.6 is 0 Å².